The van der Waals surface area contributed by atoms with Crippen molar-refractivity contribution in [1.29, 1.82) is 0 Å². The van der Waals surface area contributed by atoms with Crippen molar-refractivity contribution in [2.75, 3.05) is 0 Å². The van der Waals surface area contributed by atoms with E-state index in [-0.39, 0.29) is 0 Å². The molecule has 0 atom stereocenters. The van der Waals surface area contributed by atoms with Crippen LogP contribution < -0.4 is 0 Å². The van der Waals surface area contributed by atoms with Gasteiger partial charge in [-0.15, -0.1) is 0 Å². The smallest absolute Gasteiger partial charge is 0.0273 e. The molecule has 0 aliphatic heterocycles. The van der Waals surface area contributed by atoms with Crippen molar-refractivity contribution >= 4 is 33.8 Å². The minimum atomic E-state index is 1.12. The normalized spacial score (nSPS) is 11.9. The molecule has 0 aliphatic carbocycles. The molecule has 6 rings (SSSR count). The minimum absolute atomic E-state index is 1.12. The standard InChI is InChI=1S/C37H28N2/c1-3-26(20-23-38-2)27-12-16-30(17-13-27)36-32-8-4-6-10-34(32)37(35-11-7-5-9-33(35)36)31-18-14-28(15-19-31)29-21-24-39-25-22-29/h3-25H,2H2,1H3/b23-20-,26-3+. The largest absolute Gasteiger partial charge is 0.272 e. The first-order valence-corrected chi connectivity index (χ1v) is 13.1. The Balaban J connectivity index is 1.54. The van der Waals surface area contributed by atoms with Crippen molar-refractivity contribution < 1.29 is 0 Å². The third-order valence-corrected chi connectivity index (χ3v) is 7.30. The number of hydrogen-bond acceptors (Lipinski definition) is 2. The van der Waals surface area contributed by atoms with Gasteiger partial charge in [0, 0.05) is 18.6 Å². The Morgan fingerprint density at radius 3 is 1.49 bits per heavy atom. The SMILES string of the molecule is C=N/C=C\C(=C/C)c1ccc(-c2c3ccccc3c(-c3ccc(-c4ccncc4)cc3)c3ccccc23)cc1. The Morgan fingerprint density at radius 1 is 0.590 bits per heavy atom. The first kappa shape index (κ1) is 24.3. The quantitative estimate of drug-likeness (QED) is 0.127. The Labute approximate surface area is 229 Å². The minimum Gasteiger partial charge on any atom is -0.272 e. The van der Waals surface area contributed by atoms with Crippen LogP contribution in [-0.4, -0.2) is 11.7 Å². The van der Waals surface area contributed by atoms with E-state index in [9.17, 15) is 0 Å². The number of allylic oxidation sites excluding steroid dienone is 3. The number of aliphatic imine (C=N–C) groups is 1. The molecule has 0 unspecified atom stereocenters. The third kappa shape index (κ3) is 4.58. The molecule has 0 spiro atoms. The highest BCUT2D eigenvalue weighted by Crippen LogP contribution is 2.44. The van der Waals surface area contributed by atoms with Crippen LogP contribution in [0.1, 0.15) is 12.5 Å². The molecule has 6 aromatic rings. The maximum atomic E-state index is 4.16. The number of nitrogens with zero attached hydrogens (tertiary/aromatic N) is 2. The molecule has 0 saturated heterocycles. The van der Waals surface area contributed by atoms with Crippen molar-refractivity contribution in [3.05, 3.63) is 146 Å². The summed E-state index contributed by atoms with van der Waals surface area (Å²) in [4.78, 5) is 8.02. The number of pyridine rings is 1. The van der Waals surface area contributed by atoms with Crippen molar-refractivity contribution in [3.63, 3.8) is 0 Å². The average molecular weight is 501 g/mol. The van der Waals surface area contributed by atoms with Crippen LogP contribution in [-0.2, 0) is 0 Å². The number of rotatable bonds is 6. The summed E-state index contributed by atoms with van der Waals surface area (Å²) in [6.45, 7) is 5.59. The Kier molecular flexibility index (Phi) is 6.67. The first-order valence-electron chi connectivity index (χ1n) is 13.1. The van der Waals surface area contributed by atoms with E-state index in [1.165, 1.54) is 54.9 Å². The molecular weight excluding hydrogens is 472 g/mol. The topological polar surface area (TPSA) is 25.2 Å². The summed E-state index contributed by atoms with van der Waals surface area (Å²) in [6.07, 6.45) is 9.48. The molecule has 0 bridgehead atoms. The van der Waals surface area contributed by atoms with E-state index in [1.807, 2.05) is 37.5 Å². The zero-order chi connectivity index (χ0) is 26.6. The van der Waals surface area contributed by atoms with E-state index in [1.54, 1.807) is 6.20 Å². The van der Waals surface area contributed by atoms with Gasteiger partial charge in [0.1, 0.15) is 0 Å². The molecule has 2 nitrogen and oxygen atoms in total. The van der Waals surface area contributed by atoms with Gasteiger partial charge in [0.25, 0.3) is 0 Å². The van der Waals surface area contributed by atoms with Gasteiger partial charge in [0.2, 0.25) is 0 Å². The summed E-state index contributed by atoms with van der Waals surface area (Å²) in [5.41, 5.74) is 9.56. The average Bonchev–Trinajstić information content (AvgIpc) is 3.01. The lowest BCUT2D eigenvalue weighted by Gasteiger charge is -2.18. The van der Waals surface area contributed by atoms with E-state index in [0.29, 0.717) is 0 Å². The van der Waals surface area contributed by atoms with Crippen LogP contribution in [0.25, 0.3) is 60.5 Å². The summed E-state index contributed by atoms with van der Waals surface area (Å²) in [7, 11) is 0. The van der Waals surface area contributed by atoms with Gasteiger partial charge in [-0.25, -0.2) is 0 Å². The fraction of sp³-hybridized carbons (Fsp3) is 0.0270. The molecule has 39 heavy (non-hydrogen) atoms. The lowest BCUT2D eigenvalue weighted by Crippen LogP contribution is -1.91. The van der Waals surface area contributed by atoms with Crippen molar-refractivity contribution in [1.82, 2.24) is 4.98 Å². The highest BCUT2D eigenvalue weighted by molar-refractivity contribution is 6.21. The molecule has 0 N–H and O–H groups in total. The molecule has 2 heteroatoms. The van der Waals surface area contributed by atoms with Gasteiger partial charge >= 0.3 is 0 Å². The van der Waals surface area contributed by atoms with Gasteiger partial charge < -0.3 is 0 Å². The van der Waals surface area contributed by atoms with E-state index in [2.05, 4.69) is 120 Å². The van der Waals surface area contributed by atoms with E-state index in [0.717, 1.165) is 11.1 Å². The molecule has 1 heterocycles. The van der Waals surface area contributed by atoms with E-state index >= 15 is 0 Å². The molecule has 186 valence electrons. The van der Waals surface area contributed by atoms with Gasteiger partial charge in [-0.05, 0) is 97.9 Å². The van der Waals surface area contributed by atoms with Crippen LogP contribution in [0.15, 0.2) is 145 Å². The maximum absolute atomic E-state index is 4.16. The molecular formula is C37H28N2. The van der Waals surface area contributed by atoms with Crippen molar-refractivity contribution in [3.8, 4) is 33.4 Å². The molecule has 5 aromatic carbocycles. The summed E-state index contributed by atoms with van der Waals surface area (Å²) in [5.74, 6) is 0. The lowest BCUT2D eigenvalue weighted by molar-refractivity contribution is 1.33. The summed E-state index contributed by atoms with van der Waals surface area (Å²) < 4.78 is 0. The van der Waals surface area contributed by atoms with Crippen LogP contribution in [0.2, 0.25) is 0 Å². The molecule has 0 aliphatic rings. The van der Waals surface area contributed by atoms with Gasteiger partial charge in [-0.1, -0.05) is 103 Å². The zero-order valence-electron chi connectivity index (χ0n) is 21.9. The molecule has 0 saturated carbocycles. The van der Waals surface area contributed by atoms with Crippen molar-refractivity contribution in [2.45, 2.75) is 6.92 Å². The second-order valence-electron chi connectivity index (χ2n) is 9.47. The predicted molar refractivity (Wildman–Crippen MR) is 168 cm³/mol. The fourth-order valence-corrected chi connectivity index (χ4v) is 5.45. The third-order valence-electron chi connectivity index (χ3n) is 7.30. The number of aromatic nitrogens is 1. The summed E-state index contributed by atoms with van der Waals surface area (Å²) >= 11 is 0. The molecule has 0 amide bonds. The molecule has 0 fully saturated rings. The van der Waals surface area contributed by atoms with Crippen LogP contribution in [0.3, 0.4) is 0 Å². The van der Waals surface area contributed by atoms with Gasteiger partial charge in [-0.3, -0.25) is 9.98 Å². The number of benzene rings is 5. The Bertz CT molecular complexity index is 1790. The first-order chi connectivity index (χ1) is 19.3. The maximum Gasteiger partial charge on any atom is 0.0273 e. The number of fused-ring (bicyclic) bond motifs is 2. The van der Waals surface area contributed by atoms with E-state index < -0.39 is 0 Å². The lowest BCUT2D eigenvalue weighted by atomic mass is 9.85. The Morgan fingerprint density at radius 2 is 1.03 bits per heavy atom. The van der Waals surface area contributed by atoms with Gasteiger partial charge in [0.15, 0.2) is 0 Å². The van der Waals surface area contributed by atoms with Crippen LogP contribution in [0.4, 0.5) is 0 Å². The van der Waals surface area contributed by atoms with Crippen molar-refractivity contribution in [2.24, 2.45) is 4.99 Å². The second kappa shape index (κ2) is 10.7. The highest BCUT2D eigenvalue weighted by atomic mass is 14.6. The van der Waals surface area contributed by atoms with Crippen LogP contribution in [0.5, 0.6) is 0 Å². The molecule has 1 aromatic heterocycles. The molecule has 0 radical (unpaired) electrons. The second-order valence-corrected chi connectivity index (χ2v) is 9.47. The zero-order valence-corrected chi connectivity index (χ0v) is 21.9. The number of hydrogen-bond donors (Lipinski definition) is 0. The van der Waals surface area contributed by atoms with Gasteiger partial charge in [0.05, 0.1) is 0 Å². The summed E-state index contributed by atoms with van der Waals surface area (Å²) in [5, 5.41) is 5.00. The highest BCUT2D eigenvalue weighted by Gasteiger charge is 2.16. The predicted octanol–water partition coefficient (Wildman–Crippen LogP) is 10.0. The Hall–Kier alpha value is -5.08. The van der Waals surface area contributed by atoms with Gasteiger partial charge in [-0.2, -0.15) is 0 Å². The van der Waals surface area contributed by atoms with E-state index in [4.69, 9.17) is 0 Å². The fourth-order valence-electron chi connectivity index (χ4n) is 5.45. The van der Waals surface area contributed by atoms with Crippen LogP contribution >= 0.6 is 0 Å². The van der Waals surface area contributed by atoms with Crippen LogP contribution in [0, 0.1) is 0 Å². The summed E-state index contributed by atoms with van der Waals surface area (Å²) in [6, 6.07) is 39.3. The monoisotopic (exact) mass is 500 g/mol.